The van der Waals surface area contributed by atoms with E-state index < -0.39 is 5.82 Å². The van der Waals surface area contributed by atoms with Gasteiger partial charge in [0.25, 0.3) is 0 Å². The lowest BCUT2D eigenvalue weighted by atomic mass is 10.3. The Morgan fingerprint density at radius 1 is 1.29 bits per heavy atom. The Hall–Kier alpha value is -0.290. The van der Waals surface area contributed by atoms with Crippen molar-refractivity contribution < 1.29 is 4.39 Å². The van der Waals surface area contributed by atoms with Crippen LogP contribution < -0.4 is 5.32 Å². The van der Waals surface area contributed by atoms with Crippen molar-refractivity contribution in [2.75, 3.05) is 5.32 Å². The van der Waals surface area contributed by atoms with Gasteiger partial charge in [-0.15, -0.1) is 11.3 Å². The summed E-state index contributed by atoms with van der Waals surface area (Å²) in [5.41, 5.74) is 0.696. The van der Waals surface area contributed by atoms with E-state index in [1.807, 2.05) is 11.4 Å². The van der Waals surface area contributed by atoms with Gasteiger partial charge in [0.05, 0.1) is 16.6 Å². The van der Waals surface area contributed by atoms with E-state index in [4.69, 9.17) is 23.2 Å². The zero-order valence-electron chi connectivity index (χ0n) is 8.44. The molecule has 2 aromatic rings. The predicted molar refractivity (Wildman–Crippen MR) is 75.8 cm³/mol. The van der Waals surface area contributed by atoms with Crippen molar-refractivity contribution in [2.24, 2.45) is 0 Å². The van der Waals surface area contributed by atoms with Crippen LogP contribution in [0.5, 0.6) is 0 Å². The summed E-state index contributed by atoms with van der Waals surface area (Å²) in [5.74, 6) is -0.587. The van der Waals surface area contributed by atoms with Crippen LogP contribution in [0.2, 0.25) is 10.0 Å². The Kier molecular flexibility index (Phi) is 4.31. The number of hydrogen-bond acceptors (Lipinski definition) is 2. The van der Waals surface area contributed by atoms with Gasteiger partial charge in [-0.1, -0.05) is 23.2 Å². The molecule has 1 aromatic heterocycles. The molecule has 90 valence electrons. The second-order valence-corrected chi connectivity index (χ2v) is 5.97. The molecule has 0 aliphatic heterocycles. The van der Waals surface area contributed by atoms with E-state index in [9.17, 15) is 4.39 Å². The van der Waals surface area contributed by atoms with E-state index >= 15 is 0 Å². The van der Waals surface area contributed by atoms with Gasteiger partial charge in [-0.3, -0.25) is 0 Å². The smallest absolute Gasteiger partial charge is 0.160 e. The number of anilines is 1. The van der Waals surface area contributed by atoms with Crippen LogP contribution in [-0.4, -0.2) is 0 Å². The van der Waals surface area contributed by atoms with Crippen LogP contribution in [0.3, 0.4) is 0 Å². The quantitative estimate of drug-likeness (QED) is 0.710. The molecule has 0 amide bonds. The highest BCUT2D eigenvalue weighted by Crippen LogP contribution is 2.29. The Balaban J connectivity index is 2.12. The molecule has 0 spiro atoms. The van der Waals surface area contributed by atoms with Crippen molar-refractivity contribution >= 4 is 56.2 Å². The number of thiophene rings is 1. The van der Waals surface area contributed by atoms with Crippen LogP contribution in [0.25, 0.3) is 0 Å². The minimum absolute atomic E-state index is 0.0187. The molecule has 6 heteroatoms. The lowest BCUT2D eigenvalue weighted by Crippen LogP contribution is -1.98. The van der Waals surface area contributed by atoms with Crippen LogP contribution in [0.4, 0.5) is 10.1 Å². The molecule has 1 aromatic carbocycles. The van der Waals surface area contributed by atoms with Gasteiger partial charge in [0.15, 0.2) is 5.82 Å². The first kappa shape index (κ1) is 13.1. The van der Waals surface area contributed by atoms with Gasteiger partial charge >= 0.3 is 0 Å². The summed E-state index contributed by atoms with van der Waals surface area (Å²) in [7, 11) is 0. The first-order valence-electron chi connectivity index (χ1n) is 4.68. The number of benzene rings is 1. The normalized spacial score (nSPS) is 10.6. The molecule has 0 atom stereocenters. The molecule has 0 saturated carbocycles. The van der Waals surface area contributed by atoms with Gasteiger partial charge < -0.3 is 5.32 Å². The van der Waals surface area contributed by atoms with Gasteiger partial charge in [-0.25, -0.2) is 4.39 Å². The molecule has 0 bridgehead atoms. The van der Waals surface area contributed by atoms with E-state index in [0.717, 1.165) is 9.35 Å². The Labute approximate surface area is 121 Å². The van der Waals surface area contributed by atoms with Crippen LogP contribution in [0, 0.1) is 5.82 Å². The third-order valence-corrected chi connectivity index (χ3v) is 4.60. The lowest BCUT2D eigenvalue weighted by molar-refractivity contribution is 0.629. The first-order valence-corrected chi connectivity index (χ1v) is 7.11. The minimum Gasteiger partial charge on any atom is -0.380 e. The highest BCUT2D eigenvalue weighted by Gasteiger charge is 2.08. The van der Waals surface area contributed by atoms with Crippen molar-refractivity contribution in [3.05, 3.63) is 48.8 Å². The fourth-order valence-electron chi connectivity index (χ4n) is 1.29. The topological polar surface area (TPSA) is 12.0 Å². The molecular formula is C11H7BrCl2FNS. The summed E-state index contributed by atoms with van der Waals surface area (Å²) in [6.45, 7) is 0.635. The number of nitrogens with one attached hydrogen (secondary N) is 1. The fourth-order valence-corrected chi connectivity index (χ4v) is 3.21. The Morgan fingerprint density at radius 2 is 1.94 bits per heavy atom. The molecule has 0 aliphatic rings. The highest BCUT2D eigenvalue weighted by atomic mass is 79.9. The molecule has 0 aliphatic carbocycles. The second kappa shape index (κ2) is 5.57. The van der Waals surface area contributed by atoms with E-state index in [2.05, 4.69) is 21.2 Å². The van der Waals surface area contributed by atoms with Crippen molar-refractivity contribution in [1.29, 1.82) is 0 Å². The molecule has 0 radical (unpaired) electrons. The summed E-state index contributed by atoms with van der Waals surface area (Å²) in [6, 6.07) is 5.01. The second-order valence-electron chi connectivity index (χ2n) is 3.30. The van der Waals surface area contributed by atoms with Gasteiger partial charge in [-0.05, 0) is 39.5 Å². The van der Waals surface area contributed by atoms with Gasteiger partial charge in [0.2, 0.25) is 0 Å². The minimum atomic E-state index is -0.587. The fraction of sp³-hybridized carbons (Fsp3) is 0.0909. The molecule has 0 saturated heterocycles. The summed E-state index contributed by atoms with van der Waals surface area (Å²) in [5, 5.41) is 5.17. The maximum absolute atomic E-state index is 13.2. The molecule has 1 heterocycles. The van der Waals surface area contributed by atoms with Crippen molar-refractivity contribution in [2.45, 2.75) is 6.54 Å². The number of halogens is 4. The van der Waals surface area contributed by atoms with E-state index in [1.165, 1.54) is 12.1 Å². The van der Waals surface area contributed by atoms with E-state index in [0.29, 0.717) is 12.2 Å². The Bertz CT molecular complexity index is 521. The summed E-state index contributed by atoms with van der Waals surface area (Å²) in [4.78, 5) is 1.15. The third kappa shape index (κ3) is 3.13. The summed E-state index contributed by atoms with van der Waals surface area (Å²) >= 11 is 16.5. The van der Waals surface area contributed by atoms with Crippen molar-refractivity contribution in [3.63, 3.8) is 0 Å². The summed E-state index contributed by atoms with van der Waals surface area (Å²) < 4.78 is 14.2. The van der Waals surface area contributed by atoms with E-state index in [-0.39, 0.29) is 10.0 Å². The Morgan fingerprint density at radius 3 is 2.47 bits per heavy atom. The summed E-state index contributed by atoms with van der Waals surface area (Å²) in [6.07, 6.45) is 0. The standard InChI is InChI=1S/C11H7BrCl2FNS/c12-7-1-2-17-10(7)5-16-6-3-8(13)11(15)9(14)4-6/h1-4,16H,5H2. The maximum atomic E-state index is 13.2. The SMILES string of the molecule is Fc1c(Cl)cc(NCc2sccc2Br)cc1Cl. The van der Waals surface area contributed by atoms with Gasteiger partial charge in [-0.2, -0.15) is 0 Å². The van der Waals surface area contributed by atoms with Crippen LogP contribution in [0.15, 0.2) is 28.1 Å². The lowest BCUT2D eigenvalue weighted by Gasteiger charge is -2.07. The molecule has 0 unspecified atom stereocenters. The molecule has 0 fully saturated rings. The third-order valence-electron chi connectivity index (χ3n) is 2.13. The number of rotatable bonds is 3. The average molecular weight is 355 g/mol. The average Bonchev–Trinajstić information content (AvgIpc) is 2.69. The molecule has 1 N–H and O–H groups in total. The first-order chi connectivity index (χ1) is 8.08. The largest absolute Gasteiger partial charge is 0.380 e. The molecule has 2 rings (SSSR count). The van der Waals surface area contributed by atoms with Crippen LogP contribution in [-0.2, 0) is 6.54 Å². The molecular weight excluding hydrogens is 348 g/mol. The highest BCUT2D eigenvalue weighted by molar-refractivity contribution is 9.10. The van der Waals surface area contributed by atoms with Gasteiger partial charge in [0.1, 0.15) is 0 Å². The van der Waals surface area contributed by atoms with Gasteiger partial charge in [0, 0.05) is 15.0 Å². The predicted octanol–water partition coefficient (Wildman–Crippen LogP) is 5.57. The monoisotopic (exact) mass is 353 g/mol. The zero-order valence-corrected chi connectivity index (χ0v) is 12.4. The number of hydrogen-bond donors (Lipinski definition) is 1. The van der Waals surface area contributed by atoms with Crippen molar-refractivity contribution in [3.8, 4) is 0 Å². The maximum Gasteiger partial charge on any atom is 0.160 e. The zero-order chi connectivity index (χ0) is 12.4. The van der Waals surface area contributed by atoms with E-state index in [1.54, 1.807) is 11.3 Å². The van der Waals surface area contributed by atoms with Crippen LogP contribution in [0.1, 0.15) is 4.88 Å². The van der Waals surface area contributed by atoms with Crippen LogP contribution >= 0.6 is 50.5 Å². The molecule has 1 nitrogen and oxygen atoms in total. The van der Waals surface area contributed by atoms with Crippen molar-refractivity contribution in [1.82, 2.24) is 0 Å². The molecule has 17 heavy (non-hydrogen) atoms.